The number of carbonyl (C=O) groups is 1. The minimum Gasteiger partial charge on any atom is -0.481 e. The van der Waals surface area contributed by atoms with Gasteiger partial charge >= 0.3 is 0 Å². The van der Waals surface area contributed by atoms with E-state index in [1.54, 1.807) is 17.8 Å². The highest BCUT2D eigenvalue weighted by atomic mass is 35.5. The van der Waals surface area contributed by atoms with Crippen molar-refractivity contribution in [3.05, 3.63) is 63.1 Å². The number of hydrogen-bond acceptors (Lipinski definition) is 3. The lowest BCUT2D eigenvalue weighted by atomic mass is 9.92. The number of carbonyl (C=O) groups excluding carboxylic acids is 1. The molecule has 0 heterocycles. The molecule has 0 aliphatic heterocycles. The lowest BCUT2D eigenvalue weighted by Gasteiger charge is -2.20. The quantitative estimate of drug-likeness (QED) is 0.469. The Morgan fingerprint density at radius 2 is 1.93 bits per heavy atom. The molecule has 1 aliphatic carbocycles. The van der Waals surface area contributed by atoms with Gasteiger partial charge < -0.3 is 10.1 Å². The Hall–Kier alpha value is -1.36. The molecule has 0 saturated heterocycles. The van der Waals surface area contributed by atoms with E-state index in [0.717, 1.165) is 35.7 Å². The van der Waals surface area contributed by atoms with Gasteiger partial charge in [0, 0.05) is 28.1 Å². The molecule has 156 valence electrons. The summed E-state index contributed by atoms with van der Waals surface area (Å²) in [5.74, 6) is 2.32. The number of halogens is 2. The fraction of sp³-hybridized carbons (Fsp3) is 0.435. The van der Waals surface area contributed by atoms with Gasteiger partial charge in [0.15, 0.2) is 6.10 Å². The molecule has 0 spiro atoms. The van der Waals surface area contributed by atoms with Crippen LogP contribution in [0.2, 0.25) is 10.0 Å². The van der Waals surface area contributed by atoms with Crippen LogP contribution in [0, 0.1) is 0 Å². The van der Waals surface area contributed by atoms with Crippen LogP contribution in [-0.2, 0) is 23.4 Å². The summed E-state index contributed by atoms with van der Waals surface area (Å²) in [6.45, 7) is 2.57. The first-order valence-electron chi connectivity index (χ1n) is 10.1. The van der Waals surface area contributed by atoms with Crippen LogP contribution in [0.3, 0.4) is 0 Å². The summed E-state index contributed by atoms with van der Waals surface area (Å²) in [4.78, 5) is 12.5. The van der Waals surface area contributed by atoms with E-state index < -0.39 is 6.10 Å². The number of benzene rings is 2. The Morgan fingerprint density at radius 1 is 1.14 bits per heavy atom. The zero-order valence-electron chi connectivity index (χ0n) is 16.7. The van der Waals surface area contributed by atoms with E-state index in [9.17, 15) is 4.79 Å². The smallest absolute Gasteiger partial charge is 0.261 e. The summed E-state index contributed by atoms with van der Waals surface area (Å²) >= 11 is 13.8. The molecular weight excluding hydrogens is 425 g/mol. The summed E-state index contributed by atoms with van der Waals surface area (Å²) in [6, 6.07) is 11.8. The van der Waals surface area contributed by atoms with Crippen molar-refractivity contribution in [1.82, 2.24) is 5.32 Å². The van der Waals surface area contributed by atoms with Crippen LogP contribution < -0.4 is 10.1 Å². The van der Waals surface area contributed by atoms with E-state index in [0.29, 0.717) is 23.0 Å². The maximum absolute atomic E-state index is 12.5. The molecule has 6 heteroatoms. The predicted octanol–water partition coefficient (Wildman–Crippen LogP) is 6.08. The van der Waals surface area contributed by atoms with Crippen LogP contribution in [0.25, 0.3) is 0 Å². The average Bonchev–Trinajstić information content (AvgIpc) is 2.72. The molecule has 29 heavy (non-hydrogen) atoms. The number of fused-ring (bicyclic) bond motifs is 1. The first kappa shape index (κ1) is 22.3. The van der Waals surface area contributed by atoms with Gasteiger partial charge in [-0.2, -0.15) is 11.8 Å². The van der Waals surface area contributed by atoms with Crippen LogP contribution in [0.1, 0.15) is 42.9 Å². The minimum atomic E-state index is -0.465. The first-order chi connectivity index (χ1) is 14.1. The molecule has 3 nitrogen and oxygen atoms in total. The Kier molecular flexibility index (Phi) is 8.58. The topological polar surface area (TPSA) is 38.3 Å². The number of rotatable bonds is 9. The second-order valence-electron chi connectivity index (χ2n) is 7.23. The zero-order valence-corrected chi connectivity index (χ0v) is 19.0. The molecule has 1 atom stereocenters. The van der Waals surface area contributed by atoms with E-state index in [2.05, 4.69) is 17.4 Å². The van der Waals surface area contributed by atoms with E-state index >= 15 is 0 Å². The molecule has 0 aromatic heterocycles. The molecule has 0 fully saturated rings. The fourth-order valence-corrected chi connectivity index (χ4v) is 4.87. The van der Waals surface area contributed by atoms with Crippen molar-refractivity contribution in [2.45, 2.75) is 50.9 Å². The number of thioether (sulfide) groups is 1. The van der Waals surface area contributed by atoms with E-state index in [-0.39, 0.29) is 5.91 Å². The Labute approximate surface area is 187 Å². The summed E-state index contributed by atoms with van der Waals surface area (Å²) in [7, 11) is 0. The molecule has 0 radical (unpaired) electrons. The van der Waals surface area contributed by atoms with Crippen molar-refractivity contribution in [1.29, 1.82) is 0 Å². The van der Waals surface area contributed by atoms with Gasteiger partial charge in [-0.05, 0) is 73.1 Å². The summed E-state index contributed by atoms with van der Waals surface area (Å²) in [5.41, 5.74) is 3.83. The third-order valence-electron chi connectivity index (χ3n) is 5.08. The highest BCUT2D eigenvalue weighted by Gasteiger charge is 2.19. The maximum Gasteiger partial charge on any atom is 0.261 e. The van der Waals surface area contributed by atoms with Crippen molar-refractivity contribution in [2.75, 3.05) is 12.3 Å². The molecule has 1 N–H and O–H groups in total. The SMILES string of the molecule is CC[C@H](Oc1ccc2c(c1)CCCC2)C(=O)NCCSCc1ccc(Cl)cc1Cl. The number of ether oxygens (including phenoxy) is 1. The number of amides is 1. The molecule has 1 amide bonds. The Bertz CT molecular complexity index is 844. The van der Waals surface area contributed by atoms with Crippen molar-refractivity contribution in [3.63, 3.8) is 0 Å². The number of hydrogen-bond donors (Lipinski definition) is 1. The highest BCUT2D eigenvalue weighted by molar-refractivity contribution is 7.98. The van der Waals surface area contributed by atoms with Crippen LogP contribution in [-0.4, -0.2) is 24.3 Å². The van der Waals surface area contributed by atoms with Crippen LogP contribution in [0.5, 0.6) is 5.75 Å². The van der Waals surface area contributed by atoms with Gasteiger partial charge in [-0.3, -0.25) is 4.79 Å². The molecule has 0 saturated carbocycles. The normalized spacial score (nSPS) is 14.2. The lowest BCUT2D eigenvalue weighted by Crippen LogP contribution is -2.39. The molecular formula is C23H27Cl2NO2S. The van der Waals surface area contributed by atoms with Gasteiger partial charge in [0.25, 0.3) is 5.91 Å². The predicted molar refractivity (Wildman–Crippen MR) is 123 cm³/mol. The fourth-order valence-electron chi connectivity index (χ4n) is 3.45. The molecule has 2 aromatic rings. The second kappa shape index (κ2) is 11.1. The van der Waals surface area contributed by atoms with Crippen molar-refractivity contribution in [2.24, 2.45) is 0 Å². The van der Waals surface area contributed by atoms with E-state index in [4.69, 9.17) is 27.9 Å². The van der Waals surface area contributed by atoms with Crippen molar-refractivity contribution >= 4 is 40.9 Å². The van der Waals surface area contributed by atoms with E-state index in [1.165, 1.54) is 24.0 Å². The lowest BCUT2D eigenvalue weighted by molar-refractivity contribution is -0.127. The molecule has 2 aromatic carbocycles. The third-order valence-corrected chi connectivity index (χ3v) is 6.67. The summed E-state index contributed by atoms with van der Waals surface area (Å²) in [6.07, 6.45) is 4.91. The van der Waals surface area contributed by atoms with Gasteiger partial charge in [-0.1, -0.05) is 42.3 Å². The number of aryl methyl sites for hydroxylation is 2. The van der Waals surface area contributed by atoms with E-state index in [1.807, 2.05) is 25.1 Å². The maximum atomic E-state index is 12.5. The Morgan fingerprint density at radius 3 is 2.69 bits per heavy atom. The van der Waals surface area contributed by atoms with Gasteiger partial charge in [-0.15, -0.1) is 0 Å². The molecule has 0 bridgehead atoms. The zero-order chi connectivity index (χ0) is 20.6. The van der Waals surface area contributed by atoms with Gasteiger partial charge in [0.1, 0.15) is 5.75 Å². The van der Waals surface area contributed by atoms with Crippen molar-refractivity contribution in [3.8, 4) is 5.75 Å². The monoisotopic (exact) mass is 451 g/mol. The largest absolute Gasteiger partial charge is 0.481 e. The Balaban J connectivity index is 1.42. The average molecular weight is 452 g/mol. The van der Waals surface area contributed by atoms with Gasteiger partial charge in [0.05, 0.1) is 0 Å². The van der Waals surface area contributed by atoms with Crippen LogP contribution in [0.4, 0.5) is 0 Å². The first-order valence-corrected chi connectivity index (χ1v) is 12.1. The second-order valence-corrected chi connectivity index (χ2v) is 9.18. The van der Waals surface area contributed by atoms with Crippen molar-refractivity contribution < 1.29 is 9.53 Å². The minimum absolute atomic E-state index is 0.0599. The van der Waals surface area contributed by atoms with Gasteiger partial charge in [-0.25, -0.2) is 0 Å². The molecule has 3 rings (SSSR count). The number of nitrogens with one attached hydrogen (secondary N) is 1. The van der Waals surface area contributed by atoms with Crippen LogP contribution >= 0.6 is 35.0 Å². The highest BCUT2D eigenvalue weighted by Crippen LogP contribution is 2.26. The standard InChI is InChI=1S/C23H27Cl2NO2S/c1-2-22(28-20-10-8-16-5-3-4-6-17(16)13-20)23(27)26-11-12-29-15-18-7-9-19(24)14-21(18)25/h7-10,13-14,22H,2-6,11-12,15H2,1H3,(H,26,27)/t22-/m0/s1. The van der Waals surface area contributed by atoms with Gasteiger partial charge in [0.2, 0.25) is 0 Å². The third kappa shape index (κ3) is 6.56. The summed E-state index contributed by atoms with van der Waals surface area (Å²) < 4.78 is 6.00. The molecule has 1 aliphatic rings. The van der Waals surface area contributed by atoms with Crippen LogP contribution in [0.15, 0.2) is 36.4 Å². The molecule has 0 unspecified atom stereocenters. The summed E-state index contributed by atoms with van der Waals surface area (Å²) in [5, 5.41) is 4.31.